The molecule has 0 bridgehead atoms. The molecule has 7 nitrogen and oxygen atoms in total. The molecule has 0 atom stereocenters. The van der Waals surface area contributed by atoms with Crippen LogP contribution in [0.2, 0.25) is 10.0 Å². The number of rotatable bonds is 5. The van der Waals surface area contributed by atoms with Gasteiger partial charge in [0.1, 0.15) is 0 Å². The van der Waals surface area contributed by atoms with Crippen molar-refractivity contribution in [2.24, 2.45) is 0 Å². The van der Waals surface area contributed by atoms with Crippen LogP contribution in [0.25, 0.3) is 5.65 Å². The van der Waals surface area contributed by atoms with Gasteiger partial charge >= 0.3 is 6.01 Å². The minimum Gasteiger partial charge on any atom is -0.464 e. The summed E-state index contributed by atoms with van der Waals surface area (Å²) in [7, 11) is -3.98. The van der Waals surface area contributed by atoms with Crippen molar-refractivity contribution in [1.29, 1.82) is 0 Å². The minimum absolute atomic E-state index is 0.0419. The first-order valence-electron chi connectivity index (χ1n) is 7.03. The van der Waals surface area contributed by atoms with Gasteiger partial charge in [-0.2, -0.15) is 18.9 Å². The van der Waals surface area contributed by atoms with Gasteiger partial charge in [0, 0.05) is 21.7 Å². The zero-order valence-electron chi connectivity index (χ0n) is 12.8. The van der Waals surface area contributed by atoms with Crippen LogP contribution in [0.5, 0.6) is 6.01 Å². The van der Waals surface area contributed by atoms with Crippen molar-refractivity contribution >= 4 is 38.7 Å². The van der Waals surface area contributed by atoms with E-state index in [0.29, 0.717) is 0 Å². The molecule has 0 aliphatic carbocycles. The Morgan fingerprint density at radius 3 is 2.56 bits per heavy atom. The number of nitrogens with zero attached hydrogens (tertiary/aromatic N) is 4. The fourth-order valence-electron chi connectivity index (χ4n) is 2.10. The van der Waals surface area contributed by atoms with E-state index in [-0.39, 0.29) is 33.9 Å². The summed E-state index contributed by atoms with van der Waals surface area (Å²) in [4.78, 5) is 7.39. The summed E-state index contributed by atoms with van der Waals surface area (Å²) >= 11 is 12.0. The number of benzene rings is 1. The van der Waals surface area contributed by atoms with Gasteiger partial charge < -0.3 is 4.74 Å². The Balaban J connectivity index is 2.07. The Hall–Kier alpha value is -1.97. The maximum atomic E-state index is 13.5. The van der Waals surface area contributed by atoms with Gasteiger partial charge in [-0.05, 0) is 19.1 Å². The van der Waals surface area contributed by atoms with E-state index in [0.717, 1.165) is 10.6 Å². The Labute approximate surface area is 152 Å². The molecule has 0 amide bonds. The number of sulfone groups is 1. The van der Waals surface area contributed by atoms with E-state index in [2.05, 4.69) is 15.1 Å². The van der Waals surface area contributed by atoms with Crippen LogP contribution in [0, 0.1) is 5.95 Å². The van der Waals surface area contributed by atoms with Gasteiger partial charge in [0.25, 0.3) is 5.16 Å². The quantitative estimate of drug-likeness (QED) is 0.607. The summed E-state index contributed by atoms with van der Waals surface area (Å²) < 4.78 is 44.9. The molecule has 25 heavy (non-hydrogen) atoms. The van der Waals surface area contributed by atoms with Crippen LogP contribution in [-0.2, 0) is 15.6 Å². The Morgan fingerprint density at radius 1 is 1.24 bits per heavy atom. The van der Waals surface area contributed by atoms with Crippen molar-refractivity contribution < 1.29 is 17.5 Å². The third-order valence-corrected chi connectivity index (χ3v) is 5.30. The van der Waals surface area contributed by atoms with Crippen molar-refractivity contribution in [2.45, 2.75) is 17.8 Å². The first-order chi connectivity index (χ1) is 11.8. The third-order valence-electron chi connectivity index (χ3n) is 3.19. The average molecular weight is 405 g/mol. The topological polar surface area (TPSA) is 86.5 Å². The molecular weight excluding hydrogens is 394 g/mol. The third kappa shape index (κ3) is 3.53. The lowest BCUT2D eigenvalue weighted by Crippen LogP contribution is -2.09. The number of hydrogen-bond donors (Lipinski definition) is 0. The van der Waals surface area contributed by atoms with Crippen molar-refractivity contribution in [3.63, 3.8) is 0 Å². The first-order valence-corrected chi connectivity index (χ1v) is 9.44. The van der Waals surface area contributed by atoms with Crippen molar-refractivity contribution in [2.75, 3.05) is 6.61 Å². The van der Waals surface area contributed by atoms with Crippen molar-refractivity contribution in [3.05, 3.63) is 45.8 Å². The minimum atomic E-state index is -3.98. The molecule has 132 valence electrons. The highest BCUT2D eigenvalue weighted by Crippen LogP contribution is 2.28. The molecule has 0 fully saturated rings. The van der Waals surface area contributed by atoms with E-state index < -0.39 is 26.7 Å². The summed E-state index contributed by atoms with van der Waals surface area (Å²) in [5, 5.41) is 3.80. The first kappa shape index (κ1) is 17.8. The van der Waals surface area contributed by atoms with Crippen molar-refractivity contribution in [3.8, 4) is 6.01 Å². The van der Waals surface area contributed by atoms with Gasteiger partial charge in [0.15, 0.2) is 5.65 Å². The van der Waals surface area contributed by atoms with Crippen LogP contribution in [0.1, 0.15) is 12.5 Å². The van der Waals surface area contributed by atoms with E-state index in [1.807, 2.05) is 0 Å². The second-order valence-corrected chi connectivity index (χ2v) is 7.62. The molecule has 0 aliphatic rings. The van der Waals surface area contributed by atoms with Crippen LogP contribution in [0.4, 0.5) is 4.39 Å². The molecule has 0 N–H and O–H groups in total. The van der Waals surface area contributed by atoms with E-state index in [1.54, 1.807) is 13.0 Å². The van der Waals surface area contributed by atoms with Crippen molar-refractivity contribution in [1.82, 2.24) is 19.6 Å². The Bertz CT molecular complexity index is 1040. The zero-order valence-corrected chi connectivity index (χ0v) is 15.1. The standard InChI is InChI=1S/C14H11Cl2FN4O3S/c1-2-24-14-18-11(17)6-12-19-13(20-21(12)14)25(22,23)7-8-9(15)4-3-5-10(8)16/h3-6H,2,7H2,1H3. The highest BCUT2D eigenvalue weighted by Gasteiger charge is 2.25. The van der Waals surface area contributed by atoms with Crippen LogP contribution < -0.4 is 4.74 Å². The highest BCUT2D eigenvalue weighted by atomic mass is 35.5. The molecule has 0 saturated heterocycles. The number of fused-ring (bicyclic) bond motifs is 1. The van der Waals surface area contributed by atoms with Crippen LogP contribution in [0.15, 0.2) is 29.4 Å². The predicted molar refractivity (Wildman–Crippen MR) is 89.3 cm³/mol. The number of aromatic nitrogens is 4. The lowest BCUT2D eigenvalue weighted by Gasteiger charge is -2.05. The number of halogens is 3. The zero-order chi connectivity index (χ0) is 18.2. The van der Waals surface area contributed by atoms with E-state index in [1.165, 1.54) is 12.1 Å². The summed E-state index contributed by atoms with van der Waals surface area (Å²) in [6, 6.07) is 5.43. The SMILES string of the molecule is CCOc1nc(F)cc2nc(S(=O)(=O)Cc3c(Cl)cccc3Cl)nn12. The molecular formula is C14H11Cl2FN4O3S. The lowest BCUT2D eigenvalue weighted by atomic mass is 10.2. The summed E-state index contributed by atoms with van der Waals surface area (Å²) in [6.07, 6.45) is 0. The predicted octanol–water partition coefficient (Wildman–Crippen LogP) is 2.94. The highest BCUT2D eigenvalue weighted by molar-refractivity contribution is 7.90. The summed E-state index contributed by atoms with van der Waals surface area (Å²) in [6.45, 7) is 1.87. The maximum absolute atomic E-state index is 13.5. The van der Waals surface area contributed by atoms with Gasteiger partial charge in [0.05, 0.1) is 12.4 Å². The van der Waals surface area contributed by atoms with Crippen LogP contribution >= 0.6 is 23.2 Å². The van der Waals surface area contributed by atoms with Gasteiger partial charge in [-0.25, -0.2) is 8.42 Å². The second-order valence-electron chi connectivity index (χ2n) is 4.92. The molecule has 0 spiro atoms. The lowest BCUT2D eigenvalue weighted by molar-refractivity contribution is 0.296. The van der Waals surface area contributed by atoms with E-state index in [9.17, 15) is 12.8 Å². The number of hydrogen-bond acceptors (Lipinski definition) is 6. The normalized spacial score (nSPS) is 11.8. The molecule has 1 aromatic carbocycles. The molecule has 3 aromatic rings. The Morgan fingerprint density at radius 2 is 1.92 bits per heavy atom. The molecule has 0 unspecified atom stereocenters. The number of ether oxygens (including phenoxy) is 1. The van der Waals surface area contributed by atoms with Gasteiger partial charge in [0.2, 0.25) is 15.8 Å². The molecule has 2 heterocycles. The largest absolute Gasteiger partial charge is 0.464 e. The molecule has 0 aliphatic heterocycles. The van der Waals surface area contributed by atoms with E-state index >= 15 is 0 Å². The molecule has 11 heteroatoms. The summed E-state index contributed by atoms with van der Waals surface area (Å²) in [5.74, 6) is -1.36. The van der Waals surface area contributed by atoms with Gasteiger partial charge in [-0.1, -0.05) is 29.3 Å². The molecule has 3 rings (SSSR count). The second kappa shape index (κ2) is 6.74. The van der Waals surface area contributed by atoms with Crippen LogP contribution in [0.3, 0.4) is 0 Å². The molecule has 0 saturated carbocycles. The smallest absolute Gasteiger partial charge is 0.322 e. The fourth-order valence-corrected chi connectivity index (χ4v) is 4.04. The van der Waals surface area contributed by atoms with Gasteiger partial charge in [-0.15, -0.1) is 5.10 Å². The molecule has 2 aromatic heterocycles. The fraction of sp³-hybridized carbons (Fsp3) is 0.214. The monoisotopic (exact) mass is 404 g/mol. The summed E-state index contributed by atoms with van der Waals surface area (Å²) in [5.41, 5.74) is 0.193. The van der Waals surface area contributed by atoms with Crippen LogP contribution in [-0.4, -0.2) is 34.6 Å². The maximum Gasteiger partial charge on any atom is 0.322 e. The van der Waals surface area contributed by atoms with E-state index in [4.69, 9.17) is 27.9 Å². The molecule has 0 radical (unpaired) electrons. The average Bonchev–Trinajstić information content (AvgIpc) is 2.96. The Kier molecular flexibility index (Phi) is 4.81. The van der Waals surface area contributed by atoms with Gasteiger partial charge in [-0.3, -0.25) is 0 Å².